The molecular weight excluding hydrogens is 463 g/mol. The number of rotatable bonds is 5. The number of nitrogens with zero attached hydrogens (tertiary/aromatic N) is 1. The molecule has 1 heterocycles. The number of amides is 2. The maximum atomic E-state index is 13.4. The number of carbonyl (C=O) groups is 2. The number of alkyl halides is 3. The van der Waals surface area contributed by atoms with E-state index in [0.29, 0.717) is 10.2 Å². The summed E-state index contributed by atoms with van der Waals surface area (Å²) >= 11 is 3.95. The van der Waals surface area contributed by atoms with E-state index in [1.165, 1.54) is 31.4 Å². The molecule has 11 heteroatoms. The highest BCUT2D eigenvalue weighted by Gasteiger charge is 2.42. The van der Waals surface area contributed by atoms with Crippen molar-refractivity contribution in [3.63, 3.8) is 0 Å². The van der Waals surface area contributed by atoms with E-state index in [4.69, 9.17) is 4.74 Å². The van der Waals surface area contributed by atoms with Crippen molar-refractivity contribution in [3.05, 3.63) is 45.6 Å². The topological polar surface area (TPSA) is 80.3 Å². The van der Waals surface area contributed by atoms with Gasteiger partial charge in [0, 0.05) is 4.47 Å². The minimum absolute atomic E-state index is 0.0183. The second-order valence-corrected chi connectivity index (χ2v) is 7.73. The molecule has 0 spiro atoms. The van der Waals surface area contributed by atoms with Crippen molar-refractivity contribution in [2.45, 2.75) is 32.0 Å². The van der Waals surface area contributed by atoms with Crippen LogP contribution in [0.1, 0.15) is 47.4 Å². The van der Waals surface area contributed by atoms with E-state index in [0.717, 1.165) is 11.5 Å². The SMILES string of the molecule is COC(=O)c1c(C(C)C)nsc1NC(=O)NC(c1ccc(Br)cc1)C(F)(F)F. The summed E-state index contributed by atoms with van der Waals surface area (Å²) in [7, 11) is 1.17. The molecule has 0 saturated heterocycles. The lowest BCUT2D eigenvalue weighted by molar-refractivity contribution is -0.154. The second-order valence-electron chi connectivity index (χ2n) is 6.04. The monoisotopic (exact) mass is 479 g/mol. The van der Waals surface area contributed by atoms with Crippen molar-refractivity contribution >= 4 is 44.5 Å². The molecule has 0 aliphatic carbocycles. The van der Waals surface area contributed by atoms with E-state index >= 15 is 0 Å². The van der Waals surface area contributed by atoms with E-state index in [2.05, 4.69) is 25.6 Å². The van der Waals surface area contributed by atoms with Crippen LogP contribution >= 0.6 is 27.5 Å². The van der Waals surface area contributed by atoms with Crippen molar-refractivity contribution < 1.29 is 27.5 Å². The standard InChI is InChI=1S/C17H17BrF3N3O3S/c1-8(2)12-11(15(25)27-3)14(28-24-12)23-16(26)22-13(17(19,20)21)9-4-6-10(18)7-5-9/h4-8,13H,1-3H3,(H2,22,23,26). The Balaban J connectivity index is 2.26. The summed E-state index contributed by atoms with van der Waals surface area (Å²) in [6.45, 7) is 3.58. The summed E-state index contributed by atoms with van der Waals surface area (Å²) in [5.74, 6) is -0.873. The van der Waals surface area contributed by atoms with E-state index < -0.39 is 24.2 Å². The van der Waals surface area contributed by atoms with Gasteiger partial charge in [-0.15, -0.1) is 0 Å². The molecule has 0 bridgehead atoms. The number of benzene rings is 1. The second kappa shape index (κ2) is 8.91. The van der Waals surface area contributed by atoms with Crippen molar-refractivity contribution in [1.82, 2.24) is 9.69 Å². The number of halogens is 4. The molecule has 152 valence electrons. The zero-order valence-electron chi connectivity index (χ0n) is 15.1. The van der Waals surface area contributed by atoms with Crippen molar-refractivity contribution in [3.8, 4) is 0 Å². The van der Waals surface area contributed by atoms with Gasteiger partial charge in [-0.1, -0.05) is 41.9 Å². The highest BCUT2D eigenvalue weighted by atomic mass is 79.9. The quantitative estimate of drug-likeness (QED) is 0.574. The Morgan fingerprint density at radius 3 is 2.32 bits per heavy atom. The summed E-state index contributed by atoms with van der Waals surface area (Å²) in [4.78, 5) is 24.3. The summed E-state index contributed by atoms with van der Waals surface area (Å²) in [6, 6.07) is 2.06. The Kier molecular flexibility index (Phi) is 7.05. The Labute approximate surface area is 171 Å². The average molecular weight is 480 g/mol. The van der Waals surface area contributed by atoms with Gasteiger partial charge in [-0.3, -0.25) is 5.32 Å². The summed E-state index contributed by atoms with van der Waals surface area (Å²) in [5.41, 5.74) is 0.295. The number of hydrogen-bond acceptors (Lipinski definition) is 5. The third-order valence-electron chi connectivity index (χ3n) is 3.69. The van der Waals surface area contributed by atoms with Gasteiger partial charge in [0.05, 0.1) is 12.8 Å². The molecule has 28 heavy (non-hydrogen) atoms. The number of carbonyl (C=O) groups excluding carboxylic acids is 2. The molecular formula is C17H17BrF3N3O3S. The van der Waals surface area contributed by atoms with Gasteiger partial charge in [0.25, 0.3) is 0 Å². The molecule has 0 aliphatic heterocycles. The number of esters is 1. The highest BCUT2D eigenvalue weighted by molar-refractivity contribution is 9.10. The van der Waals surface area contributed by atoms with Gasteiger partial charge in [-0.05, 0) is 35.1 Å². The van der Waals surface area contributed by atoms with Crippen LogP contribution in [-0.4, -0.2) is 29.7 Å². The van der Waals surface area contributed by atoms with Crippen LogP contribution in [0.4, 0.5) is 23.0 Å². The molecule has 2 rings (SSSR count). The van der Waals surface area contributed by atoms with E-state index in [-0.39, 0.29) is 22.0 Å². The first-order chi connectivity index (χ1) is 13.0. The van der Waals surface area contributed by atoms with Crippen LogP contribution in [-0.2, 0) is 4.74 Å². The van der Waals surface area contributed by atoms with Gasteiger partial charge < -0.3 is 10.1 Å². The smallest absolute Gasteiger partial charge is 0.412 e. The van der Waals surface area contributed by atoms with E-state index in [9.17, 15) is 22.8 Å². The van der Waals surface area contributed by atoms with Gasteiger partial charge in [0.2, 0.25) is 0 Å². The lowest BCUT2D eigenvalue weighted by Crippen LogP contribution is -2.40. The number of urea groups is 1. The molecule has 1 unspecified atom stereocenters. The normalized spacial score (nSPS) is 12.6. The van der Waals surface area contributed by atoms with Crippen LogP contribution in [0, 0.1) is 0 Å². The Morgan fingerprint density at radius 1 is 1.21 bits per heavy atom. The van der Waals surface area contributed by atoms with Crippen molar-refractivity contribution in [2.75, 3.05) is 12.4 Å². The molecule has 0 radical (unpaired) electrons. The summed E-state index contributed by atoms with van der Waals surface area (Å²) < 4.78 is 49.7. The molecule has 1 aromatic heterocycles. The zero-order chi connectivity index (χ0) is 21.1. The number of nitrogens with one attached hydrogen (secondary N) is 2. The fraction of sp³-hybridized carbons (Fsp3) is 0.353. The van der Waals surface area contributed by atoms with Gasteiger partial charge >= 0.3 is 18.2 Å². The zero-order valence-corrected chi connectivity index (χ0v) is 17.5. The minimum atomic E-state index is -4.72. The third kappa shape index (κ3) is 5.22. The Hall–Kier alpha value is -2.14. The van der Waals surface area contributed by atoms with Crippen LogP contribution < -0.4 is 10.6 Å². The predicted octanol–water partition coefficient (Wildman–Crippen LogP) is 5.24. The number of ether oxygens (including phenoxy) is 1. The Bertz CT molecular complexity index is 854. The number of methoxy groups -OCH3 is 1. The van der Waals surface area contributed by atoms with Crippen LogP contribution in [0.3, 0.4) is 0 Å². The van der Waals surface area contributed by atoms with E-state index in [1.54, 1.807) is 13.8 Å². The van der Waals surface area contributed by atoms with Crippen LogP contribution in [0.25, 0.3) is 0 Å². The molecule has 0 fully saturated rings. The van der Waals surface area contributed by atoms with Crippen LogP contribution in [0.5, 0.6) is 0 Å². The molecule has 2 N–H and O–H groups in total. The van der Waals surface area contributed by atoms with Crippen molar-refractivity contribution in [2.24, 2.45) is 0 Å². The average Bonchev–Trinajstić information content (AvgIpc) is 3.02. The first-order valence-electron chi connectivity index (χ1n) is 8.02. The fourth-order valence-corrected chi connectivity index (χ4v) is 3.53. The molecule has 6 nitrogen and oxygen atoms in total. The lowest BCUT2D eigenvalue weighted by Gasteiger charge is -2.22. The third-order valence-corrected chi connectivity index (χ3v) is 4.99. The van der Waals surface area contributed by atoms with Gasteiger partial charge in [-0.2, -0.15) is 17.5 Å². The van der Waals surface area contributed by atoms with Gasteiger partial charge in [0.1, 0.15) is 10.6 Å². The molecule has 2 aromatic rings. The Morgan fingerprint density at radius 2 is 1.82 bits per heavy atom. The largest absolute Gasteiger partial charge is 0.465 e. The molecule has 0 saturated carbocycles. The van der Waals surface area contributed by atoms with E-state index in [1.807, 2.05) is 5.32 Å². The molecule has 0 aliphatic rings. The summed E-state index contributed by atoms with van der Waals surface area (Å²) in [5, 5.41) is 4.20. The molecule has 1 aromatic carbocycles. The highest BCUT2D eigenvalue weighted by Crippen LogP contribution is 2.34. The maximum absolute atomic E-state index is 13.4. The number of hydrogen-bond donors (Lipinski definition) is 2. The minimum Gasteiger partial charge on any atom is -0.465 e. The molecule has 1 atom stereocenters. The van der Waals surface area contributed by atoms with Crippen molar-refractivity contribution in [1.29, 1.82) is 0 Å². The molecule has 2 amide bonds. The predicted molar refractivity (Wildman–Crippen MR) is 103 cm³/mol. The van der Waals surface area contributed by atoms with Gasteiger partial charge in [-0.25, -0.2) is 9.59 Å². The summed E-state index contributed by atoms with van der Waals surface area (Å²) in [6.07, 6.45) is -4.72. The lowest BCUT2D eigenvalue weighted by atomic mass is 10.1. The van der Waals surface area contributed by atoms with Gasteiger partial charge in [0.15, 0.2) is 6.04 Å². The number of anilines is 1. The number of aromatic nitrogens is 1. The maximum Gasteiger partial charge on any atom is 0.412 e. The van der Waals surface area contributed by atoms with Crippen LogP contribution in [0.15, 0.2) is 28.7 Å². The van der Waals surface area contributed by atoms with Crippen LogP contribution in [0.2, 0.25) is 0 Å². The fourth-order valence-electron chi connectivity index (χ4n) is 2.36. The first kappa shape index (κ1) is 22.2. The first-order valence-corrected chi connectivity index (χ1v) is 9.58.